The molecular formula is C17H19NO2S. The van der Waals surface area contributed by atoms with Gasteiger partial charge in [0, 0.05) is 4.90 Å². The van der Waals surface area contributed by atoms with Crippen LogP contribution in [0.3, 0.4) is 0 Å². The van der Waals surface area contributed by atoms with Crippen LogP contribution < -0.4 is 10.1 Å². The zero-order chi connectivity index (χ0) is 15.2. The SMILES string of the molecule is COc1ccc(C)cc1NC(=O)CSc1ccc(C)cc1. The van der Waals surface area contributed by atoms with E-state index in [4.69, 9.17) is 4.74 Å². The van der Waals surface area contributed by atoms with Crippen LogP contribution in [0.25, 0.3) is 0 Å². The molecule has 0 aliphatic heterocycles. The minimum absolute atomic E-state index is 0.0375. The van der Waals surface area contributed by atoms with Gasteiger partial charge >= 0.3 is 0 Å². The van der Waals surface area contributed by atoms with E-state index < -0.39 is 0 Å². The number of rotatable bonds is 5. The lowest BCUT2D eigenvalue weighted by atomic mass is 10.2. The van der Waals surface area contributed by atoms with Gasteiger partial charge in [0.05, 0.1) is 18.6 Å². The highest BCUT2D eigenvalue weighted by Gasteiger charge is 2.08. The van der Waals surface area contributed by atoms with Crippen molar-refractivity contribution in [2.24, 2.45) is 0 Å². The van der Waals surface area contributed by atoms with E-state index >= 15 is 0 Å². The lowest BCUT2D eigenvalue weighted by Gasteiger charge is -2.11. The average Bonchev–Trinajstić information content (AvgIpc) is 2.47. The first-order valence-electron chi connectivity index (χ1n) is 6.72. The molecular weight excluding hydrogens is 282 g/mol. The van der Waals surface area contributed by atoms with Gasteiger partial charge in [0.2, 0.25) is 5.91 Å². The Kier molecular flexibility index (Phi) is 5.28. The van der Waals surface area contributed by atoms with E-state index in [1.165, 1.54) is 17.3 Å². The number of amides is 1. The van der Waals surface area contributed by atoms with Crippen LogP contribution in [0.1, 0.15) is 11.1 Å². The second-order valence-corrected chi connectivity index (χ2v) is 5.90. The van der Waals surface area contributed by atoms with Gasteiger partial charge in [0.1, 0.15) is 5.75 Å². The summed E-state index contributed by atoms with van der Waals surface area (Å²) < 4.78 is 5.26. The zero-order valence-electron chi connectivity index (χ0n) is 12.5. The minimum Gasteiger partial charge on any atom is -0.495 e. The van der Waals surface area contributed by atoms with Crippen molar-refractivity contribution < 1.29 is 9.53 Å². The molecule has 110 valence electrons. The summed E-state index contributed by atoms with van der Waals surface area (Å²) >= 11 is 1.52. The predicted octanol–water partition coefficient (Wildman–Crippen LogP) is 4.04. The fourth-order valence-electron chi connectivity index (χ4n) is 1.89. The number of hydrogen-bond acceptors (Lipinski definition) is 3. The van der Waals surface area contributed by atoms with Crippen LogP contribution in [0.15, 0.2) is 47.4 Å². The van der Waals surface area contributed by atoms with E-state index in [1.807, 2.05) is 56.3 Å². The molecule has 0 unspecified atom stereocenters. The molecule has 2 rings (SSSR count). The van der Waals surface area contributed by atoms with Gasteiger partial charge < -0.3 is 10.1 Å². The molecule has 4 heteroatoms. The van der Waals surface area contributed by atoms with Crippen LogP contribution in [0.4, 0.5) is 5.69 Å². The number of anilines is 1. The van der Waals surface area contributed by atoms with E-state index in [9.17, 15) is 4.79 Å². The third-order valence-corrected chi connectivity index (χ3v) is 4.03. The first-order valence-corrected chi connectivity index (χ1v) is 7.71. The summed E-state index contributed by atoms with van der Waals surface area (Å²) in [6.45, 7) is 4.03. The van der Waals surface area contributed by atoms with Crippen molar-refractivity contribution in [1.29, 1.82) is 0 Å². The molecule has 1 N–H and O–H groups in total. The number of methoxy groups -OCH3 is 1. The molecule has 0 heterocycles. The van der Waals surface area contributed by atoms with Crippen molar-refractivity contribution in [3.63, 3.8) is 0 Å². The van der Waals surface area contributed by atoms with Crippen molar-refractivity contribution in [3.05, 3.63) is 53.6 Å². The molecule has 2 aromatic carbocycles. The number of aryl methyl sites for hydroxylation is 2. The van der Waals surface area contributed by atoms with E-state index in [-0.39, 0.29) is 5.91 Å². The molecule has 21 heavy (non-hydrogen) atoms. The van der Waals surface area contributed by atoms with E-state index in [2.05, 4.69) is 5.32 Å². The van der Waals surface area contributed by atoms with Crippen LogP contribution in [0.5, 0.6) is 5.75 Å². The number of carbonyl (C=O) groups is 1. The molecule has 0 fully saturated rings. The quantitative estimate of drug-likeness (QED) is 0.847. The second-order valence-electron chi connectivity index (χ2n) is 4.85. The molecule has 2 aromatic rings. The van der Waals surface area contributed by atoms with Crippen molar-refractivity contribution in [1.82, 2.24) is 0 Å². The van der Waals surface area contributed by atoms with Gasteiger partial charge in [0.15, 0.2) is 0 Å². The summed E-state index contributed by atoms with van der Waals surface area (Å²) in [7, 11) is 1.60. The van der Waals surface area contributed by atoms with Crippen LogP contribution in [0, 0.1) is 13.8 Å². The van der Waals surface area contributed by atoms with E-state index in [1.54, 1.807) is 7.11 Å². The highest BCUT2D eigenvalue weighted by Crippen LogP contribution is 2.26. The molecule has 0 aliphatic rings. The summed E-state index contributed by atoms with van der Waals surface area (Å²) in [4.78, 5) is 13.1. The topological polar surface area (TPSA) is 38.3 Å². The van der Waals surface area contributed by atoms with Gasteiger partial charge in [-0.2, -0.15) is 0 Å². The molecule has 0 bridgehead atoms. The van der Waals surface area contributed by atoms with Gasteiger partial charge in [0.25, 0.3) is 0 Å². The Hall–Kier alpha value is -1.94. The number of thioether (sulfide) groups is 1. The standard InChI is InChI=1S/C17H19NO2S/c1-12-4-7-14(8-5-12)21-11-17(19)18-15-10-13(2)6-9-16(15)20-3/h4-10H,11H2,1-3H3,(H,18,19). The largest absolute Gasteiger partial charge is 0.495 e. The predicted molar refractivity (Wildman–Crippen MR) is 88.3 cm³/mol. The lowest BCUT2D eigenvalue weighted by molar-refractivity contribution is -0.113. The Morgan fingerprint density at radius 1 is 1.10 bits per heavy atom. The molecule has 1 amide bonds. The Morgan fingerprint density at radius 2 is 1.76 bits per heavy atom. The molecule has 0 atom stereocenters. The summed E-state index contributed by atoms with van der Waals surface area (Å²) in [5.74, 6) is 1.01. The van der Waals surface area contributed by atoms with Crippen LogP contribution >= 0.6 is 11.8 Å². The van der Waals surface area contributed by atoms with E-state index in [0.717, 1.165) is 10.5 Å². The zero-order valence-corrected chi connectivity index (χ0v) is 13.3. The number of hydrogen-bond donors (Lipinski definition) is 1. The average molecular weight is 301 g/mol. The monoisotopic (exact) mass is 301 g/mol. The number of carbonyl (C=O) groups excluding carboxylic acids is 1. The first kappa shape index (κ1) is 15.4. The van der Waals surface area contributed by atoms with Crippen molar-refractivity contribution in [3.8, 4) is 5.75 Å². The van der Waals surface area contributed by atoms with Crippen LogP contribution in [-0.2, 0) is 4.79 Å². The maximum atomic E-state index is 12.0. The smallest absolute Gasteiger partial charge is 0.234 e. The Bertz CT molecular complexity index is 623. The lowest BCUT2D eigenvalue weighted by Crippen LogP contribution is -2.14. The molecule has 0 saturated carbocycles. The molecule has 0 spiro atoms. The summed E-state index contributed by atoms with van der Waals surface area (Å²) in [5.41, 5.74) is 3.01. The van der Waals surface area contributed by atoms with Crippen molar-refractivity contribution >= 4 is 23.4 Å². The number of benzene rings is 2. The van der Waals surface area contributed by atoms with Gasteiger partial charge in [-0.1, -0.05) is 23.8 Å². The Balaban J connectivity index is 1.95. The molecule has 0 radical (unpaired) electrons. The highest BCUT2D eigenvalue weighted by molar-refractivity contribution is 8.00. The Labute approximate surface area is 129 Å². The normalized spacial score (nSPS) is 10.2. The maximum Gasteiger partial charge on any atom is 0.234 e. The van der Waals surface area contributed by atoms with Gasteiger partial charge in [-0.3, -0.25) is 4.79 Å². The van der Waals surface area contributed by atoms with Crippen LogP contribution in [0.2, 0.25) is 0 Å². The summed E-state index contributed by atoms with van der Waals surface area (Å²) in [6, 6.07) is 13.9. The first-order chi connectivity index (χ1) is 10.1. The fourth-order valence-corrected chi connectivity index (χ4v) is 2.59. The van der Waals surface area contributed by atoms with Gasteiger partial charge in [-0.15, -0.1) is 11.8 Å². The highest BCUT2D eigenvalue weighted by atomic mass is 32.2. The molecule has 0 aliphatic carbocycles. The minimum atomic E-state index is -0.0375. The van der Waals surface area contributed by atoms with Crippen molar-refractivity contribution in [2.45, 2.75) is 18.7 Å². The third-order valence-electron chi connectivity index (χ3n) is 3.02. The fraction of sp³-hybridized carbons (Fsp3) is 0.235. The van der Waals surface area contributed by atoms with Crippen LogP contribution in [-0.4, -0.2) is 18.8 Å². The maximum absolute atomic E-state index is 12.0. The van der Waals surface area contributed by atoms with E-state index in [0.29, 0.717) is 17.2 Å². The van der Waals surface area contributed by atoms with Gasteiger partial charge in [-0.05, 0) is 43.7 Å². The molecule has 0 aromatic heterocycles. The second kappa shape index (κ2) is 7.18. The molecule has 0 saturated heterocycles. The Morgan fingerprint density at radius 3 is 2.43 bits per heavy atom. The van der Waals surface area contributed by atoms with Crippen molar-refractivity contribution in [2.75, 3.05) is 18.2 Å². The molecule has 3 nitrogen and oxygen atoms in total. The number of ether oxygens (including phenoxy) is 1. The summed E-state index contributed by atoms with van der Waals surface area (Å²) in [6.07, 6.45) is 0. The summed E-state index contributed by atoms with van der Waals surface area (Å²) in [5, 5.41) is 2.90. The third kappa shape index (κ3) is 4.53. The number of nitrogens with one attached hydrogen (secondary N) is 1. The van der Waals surface area contributed by atoms with Gasteiger partial charge in [-0.25, -0.2) is 0 Å².